The van der Waals surface area contributed by atoms with Gasteiger partial charge in [0, 0.05) is 27.4 Å². The number of ketones is 1. The van der Waals surface area contributed by atoms with E-state index in [1.165, 1.54) is 7.11 Å². The molecular formula is C27H24ClNO4. The van der Waals surface area contributed by atoms with Gasteiger partial charge in [0.25, 0.3) is 5.91 Å². The number of halogens is 1. The van der Waals surface area contributed by atoms with Gasteiger partial charge < -0.3 is 14.8 Å². The number of methoxy groups -OCH3 is 1. The minimum atomic E-state index is -0.194. The lowest BCUT2D eigenvalue weighted by atomic mass is 9.98. The standard InChI is InChI=1S/C27H24ClNO4/c1-15-9-17(3)20(10-16(15)2)24(30)14-33-25-8-5-18(12-26(25)32-4)11-22-21-13-19(28)6-7-23(21)29-27(22)31/h5-13H,14H2,1-4H3,(H,29,31). The summed E-state index contributed by atoms with van der Waals surface area (Å²) in [5.41, 5.74) is 6.55. The van der Waals surface area contributed by atoms with Crippen LogP contribution in [0.25, 0.3) is 11.6 Å². The maximum absolute atomic E-state index is 12.7. The van der Waals surface area contributed by atoms with Crippen LogP contribution in [0.15, 0.2) is 48.5 Å². The fourth-order valence-corrected chi connectivity index (χ4v) is 4.02. The highest BCUT2D eigenvalue weighted by Crippen LogP contribution is 2.36. The van der Waals surface area contributed by atoms with Crippen LogP contribution in [0.5, 0.6) is 11.5 Å². The van der Waals surface area contributed by atoms with Crippen LogP contribution in [0.4, 0.5) is 5.69 Å². The quantitative estimate of drug-likeness (QED) is 0.359. The van der Waals surface area contributed by atoms with Gasteiger partial charge in [-0.2, -0.15) is 0 Å². The SMILES string of the molecule is COc1cc(C=C2C(=O)Nc3ccc(Cl)cc32)ccc1OCC(=O)c1cc(C)c(C)cc1C. The van der Waals surface area contributed by atoms with Gasteiger partial charge in [-0.1, -0.05) is 23.7 Å². The third kappa shape index (κ3) is 4.64. The Morgan fingerprint density at radius 2 is 1.73 bits per heavy atom. The smallest absolute Gasteiger partial charge is 0.256 e. The molecule has 1 amide bonds. The van der Waals surface area contributed by atoms with Gasteiger partial charge in [0.1, 0.15) is 0 Å². The minimum Gasteiger partial charge on any atom is -0.493 e. The number of carbonyl (C=O) groups excluding carboxylic acids is 2. The van der Waals surface area contributed by atoms with Gasteiger partial charge in [0.15, 0.2) is 23.9 Å². The highest BCUT2D eigenvalue weighted by Gasteiger charge is 2.24. The van der Waals surface area contributed by atoms with Crippen molar-refractivity contribution in [3.05, 3.63) is 86.9 Å². The third-order valence-corrected chi connectivity index (χ3v) is 6.00. The number of Topliss-reactive ketones (excluding diaryl/α,β-unsaturated/α-hetero) is 1. The molecule has 0 saturated carbocycles. The van der Waals surface area contributed by atoms with Gasteiger partial charge in [-0.25, -0.2) is 0 Å². The summed E-state index contributed by atoms with van der Waals surface area (Å²) in [7, 11) is 1.53. The predicted molar refractivity (Wildman–Crippen MR) is 131 cm³/mol. The molecule has 0 fully saturated rings. The molecule has 6 heteroatoms. The molecule has 1 aliphatic heterocycles. The van der Waals surface area contributed by atoms with Gasteiger partial charge in [0.05, 0.1) is 7.11 Å². The Balaban J connectivity index is 1.55. The summed E-state index contributed by atoms with van der Waals surface area (Å²) in [6.45, 7) is 5.83. The second kappa shape index (κ2) is 9.12. The van der Waals surface area contributed by atoms with Crippen LogP contribution in [-0.4, -0.2) is 25.4 Å². The molecule has 0 spiro atoms. The minimum absolute atomic E-state index is 0.0973. The van der Waals surface area contributed by atoms with Gasteiger partial charge >= 0.3 is 0 Å². The molecule has 0 aromatic heterocycles. The molecule has 0 radical (unpaired) electrons. The number of ether oxygens (including phenoxy) is 2. The van der Waals surface area contributed by atoms with Crippen molar-refractivity contribution < 1.29 is 19.1 Å². The molecule has 1 heterocycles. The van der Waals surface area contributed by atoms with E-state index in [-0.39, 0.29) is 18.3 Å². The van der Waals surface area contributed by atoms with Crippen molar-refractivity contribution in [2.45, 2.75) is 20.8 Å². The molecule has 4 rings (SSSR count). The van der Waals surface area contributed by atoms with Gasteiger partial charge in [-0.15, -0.1) is 0 Å². The number of anilines is 1. The zero-order valence-corrected chi connectivity index (χ0v) is 19.7. The summed E-state index contributed by atoms with van der Waals surface area (Å²) in [5, 5.41) is 3.39. The number of amides is 1. The summed E-state index contributed by atoms with van der Waals surface area (Å²) in [4.78, 5) is 25.2. The average molecular weight is 462 g/mol. The van der Waals surface area contributed by atoms with Crippen LogP contribution >= 0.6 is 11.6 Å². The van der Waals surface area contributed by atoms with E-state index in [1.54, 1.807) is 36.4 Å². The highest BCUT2D eigenvalue weighted by molar-refractivity contribution is 6.36. The topological polar surface area (TPSA) is 64.6 Å². The van der Waals surface area contributed by atoms with E-state index in [4.69, 9.17) is 21.1 Å². The van der Waals surface area contributed by atoms with Crippen molar-refractivity contribution in [3.8, 4) is 11.5 Å². The first-order valence-electron chi connectivity index (χ1n) is 10.5. The van der Waals surface area contributed by atoms with E-state index < -0.39 is 0 Å². The third-order valence-electron chi connectivity index (χ3n) is 5.76. The Bertz CT molecular complexity index is 1310. The lowest BCUT2D eigenvalue weighted by Crippen LogP contribution is -2.14. The van der Waals surface area contributed by atoms with E-state index in [2.05, 4.69) is 5.32 Å². The zero-order chi connectivity index (χ0) is 23.7. The number of hydrogen-bond acceptors (Lipinski definition) is 4. The Hall–Kier alpha value is -3.57. The van der Waals surface area contributed by atoms with Crippen molar-refractivity contribution in [1.82, 2.24) is 0 Å². The Morgan fingerprint density at radius 1 is 0.970 bits per heavy atom. The first-order valence-corrected chi connectivity index (χ1v) is 10.9. The number of rotatable bonds is 6. The van der Waals surface area contributed by atoms with Gasteiger partial charge in [-0.3, -0.25) is 9.59 Å². The molecule has 3 aromatic carbocycles. The van der Waals surface area contributed by atoms with E-state index in [9.17, 15) is 9.59 Å². The predicted octanol–water partition coefficient (Wildman–Crippen LogP) is 6.03. The zero-order valence-electron chi connectivity index (χ0n) is 18.9. The van der Waals surface area contributed by atoms with Crippen LogP contribution in [0.3, 0.4) is 0 Å². The molecule has 0 unspecified atom stereocenters. The molecule has 0 atom stereocenters. The molecular weight excluding hydrogens is 438 g/mol. The van der Waals surface area contributed by atoms with Crippen molar-refractivity contribution >= 4 is 40.6 Å². The maximum atomic E-state index is 12.7. The van der Waals surface area contributed by atoms with Crippen LogP contribution in [0, 0.1) is 20.8 Å². The van der Waals surface area contributed by atoms with E-state index in [0.717, 1.165) is 33.5 Å². The van der Waals surface area contributed by atoms with Crippen molar-refractivity contribution in [2.75, 3.05) is 19.0 Å². The van der Waals surface area contributed by atoms with Crippen molar-refractivity contribution in [2.24, 2.45) is 0 Å². The van der Waals surface area contributed by atoms with E-state index >= 15 is 0 Å². The number of fused-ring (bicyclic) bond motifs is 1. The van der Waals surface area contributed by atoms with Crippen LogP contribution in [-0.2, 0) is 4.79 Å². The fourth-order valence-electron chi connectivity index (χ4n) is 3.85. The first-order chi connectivity index (χ1) is 15.8. The molecule has 5 nitrogen and oxygen atoms in total. The monoisotopic (exact) mass is 461 g/mol. The Morgan fingerprint density at radius 3 is 2.48 bits per heavy atom. The first kappa shape index (κ1) is 22.6. The summed E-state index contributed by atoms with van der Waals surface area (Å²) < 4.78 is 11.3. The second-order valence-corrected chi connectivity index (χ2v) is 8.51. The molecule has 1 aliphatic rings. The number of aryl methyl sites for hydroxylation is 3. The molecule has 0 aliphatic carbocycles. The average Bonchev–Trinajstić information content (AvgIpc) is 3.09. The number of carbonyl (C=O) groups is 2. The molecule has 33 heavy (non-hydrogen) atoms. The Kier molecular flexibility index (Phi) is 6.25. The lowest BCUT2D eigenvalue weighted by Gasteiger charge is -2.13. The summed E-state index contributed by atoms with van der Waals surface area (Å²) in [6, 6.07) is 14.5. The number of benzene rings is 3. The van der Waals surface area contributed by atoms with Crippen LogP contribution < -0.4 is 14.8 Å². The fraction of sp³-hybridized carbons (Fsp3) is 0.185. The van der Waals surface area contributed by atoms with Crippen LogP contribution in [0.2, 0.25) is 5.02 Å². The number of nitrogens with one attached hydrogen (secondary N) is 1. The lowest BCUT2D eigenvalue weighted by molar-refractivity contribution is -0.110. The summed E-state index contributed by atoms with van der Waals surface area (Å²) in [5.74, 6) is 0.633. The molecule has 1 N–H and O–H groups in total. The highest BCUT2D eigenvalue weighted by atomic mass is 35.5. The van der Waals surface area contributed by atoms with Crippen molar-refractivity contribution in [3.63, 3.8) is 0 Å². The van der Waals surface area contributed by atoms with Gasteiger partial charge in [0.2, 0.25) is 0 Å². The molecule has 3 aromatic rings. The maximum Gasteiger partial charge on any atom is 0.256 e. The Labute approximate surface area is 198 Å². The van der Waals surface area contributed by atoms with E-state index in [0.29, 0.717) is 27.7 Å². The largest absolute Gasteiger partial charge is 0.493 e. The summed E-state index contributed by atoms with van der Waals surface area (Å²) >= 11 is 6.11. The van der Waals surface area contributed by atoms with Crippen LogP contribution in [0.1, 0.15) is 38.2 Å². The van der Waals surface area contributed by atoms with E-state index in [1.807, 2.05) is 39.0 Å². The van der Waals surface area contributed by atoms with Gasteiger partial charge in [-0.05, 0) is 85.5 Å². The summed E-state index contributed by atoms with van der Waals surface area (Å²) in [6.07, 6.45) is 1.77. The molecule has 0 bridgehead atoms. The molecule has 168 valence electrons. The normalized spacial score (nSPS) is 13.6. The van der Waals surface area contributed by atoms with Crippen molar-refractivity contribution in [1.29, 1.82) is 0 Å². The number of hydrogen-bond donors (Lipinski definition) is 1. The second-order valence-electron chi connectivity index (χ2n) is 8.08. The molecule has 0 saturated heterocycles.